The van der Waals surface area contributed by atoms with Crippen molar-refractivity contribution in [2.45, 2.75) is 115 Å². The molecule has 2 saturated heterocycles. The van der Waals surface area contributed by atoms with E-state index in [1.54, 1.807) is 0 Å². The smallest absolute Gasteiger partial charge is 0.324 e. The Hall–Kier alpha value is -2.73. The van der Waals surface area contributed by atoms with E-state index < -0.39 is 22.2 Å². The van der Waals surface area contributed by atoms with Crippen molar-refractivity contribution in [3.05, 3.63) is 30.3 Å². The number of aromatic nitrogens is 3. The Kier molecular flexibility index (Phi) is 7.52. The van der Waals surface area contributed by atoms with Crippen molar-refractivity contribution >= 4 is 11.6 Å². The first-order chi connectivity index (χ1) is 17.6. The van der Waals surface area contributed by atoms with Crippen molar-refractivity contribution < 1.29 is 19.9 Å². The predicted octanol–water partition coefficient (Wildman–Crippen LogP) is 4.89. The summed E-state index contributed by atoms with van der Waals surface area (Å²) in [4.78, 5) is 13.5. The van der Waals surface area contributed by atoms with Crippen LogP contribution in [0.4, 0.5) is 11.6 Å². The maximum Gasteiger partial charge on any atom is 0.324 e. The Morgan fingerprint density at radius 2 is 1.05 bits per heavy atom. The maximum atomic E-state index is 10.7. The third kappa shape index (κ3) is 6.28. The first kappa shape index (κ1) is 28.3. The molecule has 0 bridgehead atoms. The monoisotopic (exact) mass is 529 g/mol. The Balaban J connectivity index is 1.58. The van der Waals surface area contributed by atoms with Gasteiger partial charge in [0, 0.05) is 47.8 Å². The molecule has 4 N–H and O–H groups in total. The van der Waals surface area contributed by atoms with Crippen LogP contribution in [-0.2, 0) is 0 Å². The Morgan fingerprint density at radius 1 is 0.658 bits per heavy atom. The molecule has 0 radical (unpaired) electrons. The number of benzene rings is 1. The number of hydrogen-bond donors (Lipinski definition) is 4. The van der Waals surface area contributed by atoms with Crippen molar-refractivity contribution in [1.82, 2.24) is 25.1 Å². The molecular formula is C27H43N7O4. The zero-order valence-corrected chi connectivity index (χ0v) is 23.8. The molecule has 11 heteroatoms. The summed E-state index contributed by atoms with van der Waals surface area (Å²) in [7, 11) is 0. The highest BCUT2D eigenvalue weighted by atomic mass is 16.5. The van der Waals surface area contributed by atoms with Gasteiger partial charge < -0.3 is 19.9 Å². The van der Waals surface area contributed by atoms with E-state index in [9.17, 15) is 10.4 Å². The molecule has 210 valence electrons. The van der Waals surface area contributed by atoms with E-state index in [2.05, 4.69) is 25.8 Å². The van der Waals surface area contributed by atoms with E-state index >= 15 is 0 Å². The third-order valence-corrected chi connectivity index (χ3v) is 7.43. The lowest BCUT2D eigenvalue weighted by atomic mass is 9.80. The van der Waals surface area contributed by atoms with Crippen LogP contribution in [0.3, 0.4) is 0 Å². The average Bonchev–Trinajstić information content (AvgIpc) is 2.79. The van der Waals surface area contributed by atoms with Gasteiger partial charge in [0.15, 0.2) is 0 Å². The van der Waals surface area contributed by atoms with Crippen LogP contribution in [-0.4, -0.2) is 69.9 Å². The molecule has 2 aliphatic rings. The summed E-state index contributed by atoms with van der Waals surface area (Å²) in [5.74, 6) is 0.255. The molecule has 2 fully saturated rings. The summed E-state index contributed by atoms with van der Waals surface area (Å²) in [6.45, 7) is 15.9. The zero-order valence-electron chi connectivity index (χ0n) is 23.8. The van der Waals surface area contributed by atoms with E-state index in [0.29, 0.717) is 25.7 Å². The van der Waals surface area contributed by atoms with Crippen LogP contribution in [0.5, 0.6) is 12.0 Å². The summed E-state index contributed by atoms with van der Waals surface area (Å²) in [5, 5.41) is 24.2. The van der Waals surface area contributed by atoms with Crippen LogP contribution < -0.4 is 20.3 Å². The van der Waals surface area contributed by atoms with Gasteiger partial charge in [0.25, 0.3) is 5.95 Å². The Morgan fingerprint density at radius 3 is 1.45 bits per heavy atom. The molecule has 4 rings (SSSR count). The minimum absolute atomic E-state index is 0.147. The van der Waals surface area contributed by atoms with Gasteiger partial charge in [-0.15, -0.1) is 4.98 Å². The van der Waals surface area contributed by atoms with Gasteiger partial charge in [-0.2, -0.15) is 20.1 Å². The largest absolute Gasteiger partial charge is 0.460 e. The Labute approximate surface area is 225 Å². The van der Waals surface area contributed by atoms with Gasteiger partial charge in [0.1, 0.15) is 12.2 Å². The summed E-state index contributed by atoms with van der Waals surface area (Å²) < 4.78 is 12.6. The number of hydrazine groups is 1. The number of hydroxylamine groups is 4. The fourth-order valence-corrected chi connectivity index (χ4v) is 5.97. The molecule has 11 nitrogen and oxygen atoms in total. The van der Waals surface area contributed by atoms with E-state index in [4.69, 9.17) is 9.47 Å². The molecule has 0 aliphatic carbocycles. The van der Waals surface area contributed by atoms with Gasteiger partial charge in [0.05, 0.1) is 5.69 Å². The molecule has 0 unspecified atom stereocenters. The molecule has 0 spiro atoms. The molecule has 2 aromatic rings. The van der Waals surface area contributed by atoms with Crippen LogP contribution in [0.25, 0.3) is 0 Å². The summed E-state index contributed by atoms with van der Waals surface area (Å²) in [6.07, 6.45) is 1.94. The van der Waals surface area contributed by atoms with E-state index in [0.717, 1.165) is 5.69 Å². The van der Waals surface area contributed by atoms with Crippen molar-refractivity contribution in [3.63, 3.8) is 0 Å². The lowest BCUT2D eigenvalue weighted by Crippen LogP contribution is -2.61. The first-order valence-corrected chi connectivity index (χ1v) is 13.2. The van der Waals surface area contributed by atoms with Crippen LogP contribution in [0, 0.1) is 0 Å². The third-order valence-electron chi connectivity index (χ3n) is 7.43. The number of ether oxygens (including phenoxy) is 2. The number of para-hydroxylation sites is 1. The minimum Gasteiger partial charge on any atom is -0.460 e. The summed E-state index contributed by atoms with van der Waals surface area (Å²) in [5.41, 5.74) is 5.04. The average molecular weight is 530 g/mol. The van der Waals surface area contributed by atoms with Crippen molar-refractivity contribution in [2.24, 2.45) is 0 Å². The van der Waals surface area contributed by atoms with Crippen LogP contribution >= 0.6 is 0 Å². The zero-order chi connectivity index (χ0) is 27.9. The molecule has 38 heavy (non-hydrogen) atoms. The van der Waals surface area contributed by atoms with Gasteiger partial charge in [0.2, 0.25) is 0 Å². The second-order valence-corrected chi connectivity index (χ2v) is 13.0. The second-order valence-electron chi connectivity index (χ2n) is 13.0. The number of hydrogen-bond acceptors (Lipinski definition) is 11. The predicted molar refractivity (Wildman–Crippen MR) is 144 cm³/mol. The molecule has 1 aromatic heterocycles. The van der Waals surface area contributed by atoms with Gasteiger partial charge in [-0.25, -0.2) is 0 Å². The van der Waals surface area contributed by atoms with Crippen LogP contribution in [0.15, 0.2) is 30.3 Å². The molecule has 0 amide bonds. The van der Waals surface area contributed by atoms with Crippen molar-refractivity contribution in [1.29, 1.82) is 0 Å². The summed E-state index contributed by atoms with van der Waals surface area (Å²) >= 11 is 0. The highest BCUT2D eigenvalue weighted by Gasteiger charge is 2.47. The van der Waals surface area contributed by atoms with Gasteiger partial charge in [-0.05, 0) is 67.5 Å². The fourth-order valence-electron chi connectivity index (χ4n) is 5.97. The molecule has 2 aliphatic heterocycles. The summed E-state index contributed by atoms with van der Waals surface area (Å²) in [6, 6.07) is 9.92. The molecular weight excluding hydrogens is 486 g/mol. The SMILES string of the molecule is CC1(C)CC(Oc2nc(NNc3ccccc3)nc(OC3CC(C)(C)N(O)C(C)(C)C3)n2)CC(C)(C)N1O. The highest BCUT2D eigenvalue weighted by Crippen LogP contribution is 2.39. The van der Waals surface area contributed by atoms with Gasteiger partial charge in [-0.3, -0.25) is 10.9 Å². The van der Waals surface area contributed by atoms with E-state index in [1.165, 1.54) is 10.1 Å². The number of anilines is 2. The topological polar surface area (TPSA) is 128 Å². The highest BCUT2D eigenvalue weighted by molar-refractivity contribution is 5.47. The van der Waals surface area contributed by atoms with E-state index in [-0.39, 0.29) is 30.2 Å². The molecule has 3 heterocycles. The molecule has 0 atom stereocenters. The number of piperidine rings is 2. The second kappa shape index (κ2) is 10.1. The number of rotatable bonds is 7. The molecule has 0 saturated carbocycles. The fraction of sp³-hybridized carbons (Fsp3) is 0.667. The van der Waals surface area contributed by atoms with Crippen molar-refractivity contribution in [3.8, 4) is 12.0 Å². The molecule has 1 aromatic carbocycles. The number of nitrogens with one attached hydrogen (secondary N) is 2. The van der Waals surface area contributed by atoms with Crippen LogP contribution in [0.1, 0.15) is 81.1 Å². The normalized spacial score (nSPS) is 23.5. The van der Waals surface area contributed by atoms with E-state index in [1.807, 2.05) is 85.7 Å². The Bertz CT molecular complexity index is 1010. The minimum atomic E-state index is -0.482. The maximum absolute atomic E-state index is 10.7. The standard InChI is InChI=1S/C27H43N7O4/c1-24(2)14-19(15-25(3,4)33(24)35)37-22-28-21(32-31-18-12-10-9-11-13-18)29-23(30-22)38-20-16-26(5,6)34(36)27(7,8)17-20/h9-13,19-20,31,35-36H,14-17H2,1-8H3,(H,28,29,30,32). The van der Waals surface area contributed by atoms with Gasteiger partial charge >= 0.3 is 12.0 Å². The number of nitrogens with zero attached hydrogens (tertiary/aromatic N) is 5. The van der Waals surface area contributed by atoms with Crippen LogP contribution in [0.2, 0.25) is 0 Å². The quantitative estimate of drug-likeness (QED) is 0.366. The van der Waals surface area contributed by atoms with Crippen molar-refractivity contribution in [2.75, 3.05) is 10.9 Å². The first-order valence-electron chi connectivity index (χ1n) is 13.2. The lowest BCUT2D eigenvalue weighted by molar-refractivity contribution is -0.255. The lowest BCUT2D eigenvalue weighted by Gasteiger charge is -2.51. The van der Waals surface area contributed by atoms with Gasteiger partial charge in [-0.1, -0.05) is 18.2 Å².